The van der Waals surface area contributed by atoms with Crippen LogP contribution in [0.3, 0.4) is 0 Å². The largest absolute Gasteiger partial charge is 0.386 e. The van der Waals surface area contributed by atoms with Crippen molar-refractivity contribution in [2.24, 2.45) is 7.05 Å². The van der Waals surface area contributed by atoms with Crippen molar-refractivity contribution in [1.82, 2.24) is 14.8 Å². The predicted molar refractivity (Wildman–Crippen MR) is 68.5 cm³/mol. The maximum atomic E-state index is 10.2. The van der Waals surface area contributed by atoms with Gasteiger partial charge < -0.3 is 5.11 Å². The van der Waals surface area contributed by atoms with Crippen LogP contribution in [0.25, 0.3) is 0 Å². The Bertz CT molecular complexity index is 524. The van der Waals surface area contributed by atoms with Crippen LogP contribution in [0, 0.1) is 6.92 Å². The fourth-order valence-corrected chi connectivity index (χ4v) is 2.31. The number of aryl methyl sites for hydroxylation is 2. The average Bonchev–Trinajstić information content (AvgIpc) is 2.58. The molecule has 0 fully saturated rings. The minimum absolute atomic E-state index is 0.507. The van der Waals surface area contributed by atoms with Crippen LogP contribution in [-0.2, 0) is 13.5 Å². The van der Waals surface area contributed by atoms with Gasteiger partial charge in [-0.2, -0.15) is 5.10 Å². The smallest absolute Gasteiger partial charge is 0.103 e. The van der Waals surface area contributed by atoms with E-state index in [0.717, 1.165) is 15.9 Å². The van der Waals surface area contributed by atoms with Gasteiger partial charge in [-0.15, -0.1) is 0 Å². The van der Waals surface area contributed by atoms with E-state index >= 15 is 0 Å². The normalized spacial score (nSPS) is 12.7. The summed E-state index contributed by atoms with van der Waals surface area (Å²) in [6.07, 6.45) is 1.56. The van der Waals surface area contributed by atoms with E-state index in [4.69, 9.17) is 0 Å². The topological polar surface area (TPSA) is 50.9 Å². The molecule has 2 aromatic heterocycles. The molecule has 5 heteroatoms. The van der Waals surface area contributed by atoms with Crippen LogP contribution in [0.1, 0.15) is 23.2 Å². The van der Waals surface area contributed by atoms with Crippen molar-refractivity contribution in [1.29, 1.82) is 0 Å². The minimum atomic E-state index is -0.625. The van der Waals surface area contributed by atoms with Crippen molar-refractivity contribution < 1.29 is 5.11 Å². The third-order valence-corrected chi connectivity index (χ3v) is 3.27. The monoisotopic (exact) mass is 295 g/mol. The van der Waals surface area contributed by atoms with Crippen LogP contribution in [0.2, 0.25) is 0 Å². The molecule has 0 radical (unpaired) electrons. The summed E-state index contributed by atoms with van der Waals surface area (Å²) >= 11 is 3.39. The lowest BCUT2D eigenvalue weighted by Gasteiger charge is -2.11. The lowest BCUT2D eigenvalue weighted by atomic mass is 10.1. The van der Waals surface area contributed by atoms with Crippen molar-refractivity contribution >= 4 is 15.9 Å². The van der Waals surface area contributed by atoms with E-state index in [1.165, 1.54) is 0 Å². The van der Waals surface area contributed by atoms with Gasteiger partial charge in [-0.3, -0.25) is 9.67 Å². The molecule has 0 saturated carbocycles. The van der Waals surface area contributed by atoms with Gasteiger partial charge in [0.15, 0.2) is 0 Å². The van der Waals surface area contributed by atoms with Gasteiger partial charge in [0.2, 0.25) is 0 Å². The highest BCUT2D eigenvalue weighted by molar-refractivity contribution is 9.10. The van der Waals surface area contributed by atoms with E-state index in [0.29, 0.717) is 12.1 Å². The summed E-state index contributed by atoms with van der Waals surface area (Å²) in [5.41, 5.74) is 2.61. The maximum absolute atomic E-state index is 10.2. The second-order valence-electron chi connectivity index (χ2n) is 3.99. The first-order valence-corrected chi connectivity index (χ1v) is 6.15. The molecular formula is C12H14BrN3O. The van der Waals surface area contributed by atoms with Gasteiger partial charge in [-0.05, 0) is 41.1 Å². The Balaban J connectivity index is 2.20. The molecule has 2 rings (SSSR count). The SMILES string of the molecule is Cc1cc(CC(O)c2ncccc2Br)n(C)n1. The number of pyridine rings is 1. The van der Waals surface area contributed by atoms with Crippen molar-refractivity contribution in [3.63, 3.8) is 0 Å². The molecule has 17 heavy (non-hydrogen) atoms. The molecule has 1 N–H and O–H groups in total. The maximum Gasteiger partial charge on any atom is 0.103 e. The van der Waals surface area contributed by atoms with Crippen molar-refractivity contribution in [2.75, 3.05) is 0 Å². The summed E-state index contributed by atoms with van der Waals surface area (Å²) in [5, 5.41) is 14.4. The molecule has 1 unspecified atom stereocenters. The Kier molecular flexibility index (Phi) is 3.59. The molecule has 2 aromatic rings. The van der Waals surface area contributed by atoms with Gasteiger partial charge in [0.05, 0.1) is 11.4 Å². The summed E-state index contributed by atoms with van der Waals surface area (Å²) < 4.78 is 2.61. The molecule has 90 valence electrons. The number of aliphatic hydroxyl groups excluding tert-OH is 1. The molecule has 0 bridgehead atoms. The fourth-order valence-electron chi connectivity index (χ4n) is 1.79. The van der Waals surface area contributed by atoms with Crippen molar-refractivity contribution in [2.45, 2.75) is 19.4 Å². The van der Waals surface area contributed by atoms with Crippen LogP contribution >= 0.6 is 15.9 Å². The van der Waals surface area contributed by atoms with Gasteiger partial charge >= 0.3 is 0 Å². The summed E-state index contributed by atoms with van der Waals surface area (Å²) in [5.74, 6) is 0. The Morgan fingerprint density at radius 2 is 2.29 bits per heavy atom. The highest BCUT2D eigenvalue weighted by atomic mass is 79.9. The zero-order valence-electron chi connectivity index (χ0n) is 9.76. The molecule has 0 amide bonds. The van der Waals surface area contributed by atoms with Crippen LogP contribution in [0.15, 0.2) is 28.9 Å². The predicted octanol–water partition coefficient (Wildman–Crippen LogP) is 2.16. The van der Waals surface area contributed by atoms with E-state index in [1.54, 1.807) is 10.9 Å². The molecule has 4 nitrogen and oxygen atoms in total. The standard InChI is InChI=1S/C12H14BrN3O/c1-8-6-9(16(2)15-8)7-11(17)12-10(13)4-3-5-14-12/h3-6,11,17H,7H2,1-2H3. The number of hydrogen-bond donors (Lipinski definition) is 1. The van der Waals surface area contributed by atoms with Gasteiger partial charge in [0, 0.05) is 29.8 Å². The summed E-state index contributed by atoms with van der Waals surface area (Å²) in [6, 6.07) is 5.68. The molecule has 2 heterocycles. The third-order valence-electron chi connectivity index (χ3n) is 2.60. The van der Waals surface area contributed by atoms with E-state index in [1.807, 2.05) is 32.2 Å². The second kappa shape index (κ2) is 4.98. The molecule has 0 aliphatic carbocycles. The number of nitrogens with zero attached hydrogens (tertiary/aromatic N) is 3. The lowest BCUT2D eigenvalue weighted by molar-refractivity contribution is 0.170. The highest BCUT2D eigenvalue weighted by Crippen LogP contribution is 2.23. The Morgan fingerprint density at radius 1 is 1.53 bits per heavy atom. The quantitative estimate of drug-likeness (QED) is 0.944. The number of halogens is 1. The Morgan fingerprint density at radius 3 is 2.88 bits per heavy atom. The fraction of sp³-hybridized carbons (Fsp3) is 0.333. The molecule has 0 aliphatic heterocycles. The number of rotatable bonds is 3. The van der Waals surface area contributed by atoms with Crippen molar-refractivity contribution in [3.8, 4) is 0 Å². The first-order chi connectivity index (χ1) is 8.08. The van der Waals surface area contributed by atoms with E-state index in [9.17, 15) is 5.11 Å². The zero-order chi connectivity index (χ0) is 12.4. The lowest BCUT2D eigenvalue weighted by Crippen LogP contribution is -2.08. The van der Waals surface area contributed by atoms with E-state index in [-0.39, 0.29) is 0 Å². The van der Waals surface area contributed by atoms with Gasteiger partial charge in [-0.1, -0.05) is 0 Å². The van der Waals surface area contributed by atoms with Crippen LogP contribution in [0.4, 0.5) is 0 Å². The Hall–Kier alpha value is -1.20. The molecule has 0 aromatic carbocycles. The summed E-state index contributed by atoms with van der Waals surface area (Å²) in [6.45, 7) is 1.94. The minimum Gasteiger partial charge on any atom is -0.386 e. The highest BCUT2D eigenvalue weighted by Gasteiger charge is 2.15. The number of aliphatic hydroxyl groups is 1. The van der Waals surface area contributed by atoms with Gasteiger partial charge in [-0.25, -0.2) is 0 Å². The second-order valence-corrected chi connectivity index (χ2v) is 4.85. The van der Waals surface area contributed by atoms with Crippen molar-refractivity contribution in [3.05, 3.63) is 46.0 Å². The van der Waals surface area contributed by atoms with E-state index < -0.39 is 6.10 Å². The Labute approximate surface area is 108 Å². The molecule has 1 atom stereocenters. The molecule has 0 saturated heterocycles. The van der Waals surface area contributed by atoms with E-state index in [2.05, 4.69) is 26.0 Å². The van der Waals surface area contributed by atoms with Crippen LogP contribution in [0.5, 0.6) is 0 Å². The first kappa shape index (κ1) is 12.3. The molecule has 0 aliphatic rings. The van der Waals surface area contributed by atoms with Crippen LogP contribution < -0.4 is 0 Å². The average molecular weight is 296 g/mol. The number of aromatic nitrogens is 3. The molecule has 0 spiro atoms. The first-order valence-electron chi connectivity index (χ1n) is 5.36. The van der Waals surface area contributed by atoms with Gasteiger partial charge in [0.25, 0.3) is 0 Å². The third kappa shape index (κ3) is 2.73. The zero-order valence-corrected chi connectivity index (χ0v) is 11.3. The number of hydrogen-bond acceptors (Lipinski definition) is 3. The summed E-state index contributed by atoms with van der Waals surface area (Å²) in [4.78, 5) is 4.18. The van der Waals surface area contributed by atoms with Gasteiger partial charge in [0.1, 0.15) is 6.10 Å². The van der Waals surface area contributed by atoms with Crippen LogP contribution in [-0.4, -0.2) is 19.9 Å². The summed E-state index contributed by atoms with van der Waals surface area (Å²) in [7, 11) is 1.88. The molecular weight excluding hydrogens is 282 g/mol.